The lowest BCUT2D eigenvalue weighted by molar-refractivity contribution is -0.669. The molecule has 19 aromatic rings. The standard InChI is InChI=1S/C37H36N.C36H26N3O.C36H34N.C30H24N/c1-22-16-31-34(19-30(22)35-20-29(23(2)21-38(35)3)24-10-5-4-6-11-24)37-28-15-8-7-14-27(28)36(31)32-17-25-12-9-13-26(25)18-33(32)37;1-19-12-14-25-26-15-13-20(2)38-36(26)40-35(25)30(19)29-18-37-33-31-23-10-6-7-11-24(23)32(34(33)39(29)3)28-17-22-9-5-4-8-21(22)16-27(28)31;1-22-17-30-33(21-29(22)34-20-26(15-16-37(34)2)23-9-4-3-5-10-23)36-28-14-7-6-13-27(28)35(30)31-18-24-11-8-12-25(24)19-32(31)36;1-18-14-24-27(17-23(18)28-12-5-6-13-31(28)2)30-22-11-4-3-10-21(22)29(24)25-15-19-8-7-9-20(19)16-26(25)30/h7-8,12-21,24,36-37H,4-6,9-11H2,1-3H3;4-18,31-32H,1-3H3;6-7,11-21,23,35-36H,3-5,8-10H2,1-2H3;3-6,8-17,29-30H,7H2,1-2H3/q4*+1. The van der Waals surface area contributed by atoms with Crippen molar-refractivity contribution in [3.05, 3.63) is 501 Å². The van der Waals surface area contributed by atoms with Gasteiger partial charge in [-0.15, -0.1) is 0 Å². The van der Waals surface area contributed by atoms with Gasteiger partial charge in [0.15, 0.2) is 24.2 Å². The summed E-state index contributed by atoms with van der Waals surface area (Å²) in [6.07, 6.45) is 40.0. The van der Waals surface area contributed by atoms with Gasteiger partial charge in [0, 0.05) is 105 Å². The van der Waals surface area contributed by atoms with Crippen LogP contribution in [0.25, 0.3) is 114 Å². The number of nitrogens with zero attached hydrogens (tertiary/aromatic N) is 6. The zero-order valence-electron chi connectivity index (χ0n) is 85.2. The Kier molecular flexibility index (Phi) is 20.2. The van der Waals surface area contributed by atoms with Gasteiger partial charge in [0.1, 0.15) is 33.9 Å². The molecule has 8 unspecified atom stereocenters. The molecule has 708 valence electrons. The molecule has 7 nitrogen and oxygen atoms in total. The third-order valence-corrected chi connectivity index (χ3v) is 36.6. The molecule has 17 aliphatic rings. The van der Waals surface area contributed by atoms with Crippen LogP contribution in [0.2, 0.25) is 0 Å². The Bertz CT molecular complexity index is 9390. The number of pyridine rings is 4. The van der Waals surface area contributed by atoms with Crippen LogP contribution in [0, 0.1) is 41.5 Å². The first-order chi connectivity index (χ1) is 71.5. The Morgan fingerprint density at radius 2 is 0.664 bits per heavy atom. The highest BCUT2D eigenvalue weighted by atomic mass is 16.3. The van der Waals surface area contributed by atoms with Crippen LogP contribution < -0.4 is 49.6 Å². The van der Waals surface area contributed by atoms with E-state index in [1.165, 1.54) is 296 Å². The van der Waals surface area contributed by atoms with Gasteiger partial charge in [0.25, 0.3) is 0 Å². The molecule has 2 saturated carbocycles. The number of hydrogen-bond donors (Lipinski definition) is 0. The highest BCUT2D eigenvalue weighted by Crippen LogP contribution is 2.62. The molecule has 2 fully saturated rings. The average molecular weight is 1890 g/mol. The summed E-state index contributed by atoms with van der Waals surface area (Å²) in [5.74, 6) is 3.62. The van der Waals surface area contributed by atoms with Crippen molar-refractivity contribution in [2.45, 2.75) is 184 Å². The number of aryl methyl sites for hydroxylation is 9. The molecule has 0 radical (unpaired) electrons. The number of hydrogen-bond acceptors (Lipinski definition) is 3. The Labute approximate surface area is 854 Å². The lowest BCUT2D eigenvalue weighted by Crippen LogP contribution is -2.45. The topological polar surface area (TPSA) is 54.4 Å². The number of rotatable bonds is 6. The number of aromatic nitrogens is 6. The summed E-state index contributed by atoms with van der Waals surface area (Å²) in [4.78, 5) is 9.94. The Morgan fingerprint density at radius 3 is 1.13 bits per heavy atom. The molecule has 6 heterocycles. The summed E-state index contributed by atoms with van der Waals surface area (Å²) in [5, 5.41) is 13.2. The largest absolute Gasteiger partial charge is 0.437 e. The second-order valence-electron chi connectivity index (χ2n) is 44.7. The fourth-order valence-corrected chi connectivity index (χ4v) is 29.8. The lowest BCUT2D eigenvalue weighted by atomic mass is 9.60. The molecule has 13 aromatic carbocycles. The minimum Gasteiger partial charge on any atom is -0.437 e. The predicted molar refractivity (Wildman–Crippen MR) is 590 cm³/mol. The minimum absolute atomic E-state index is 0.117. The van der Waals surface area contributed by atoms with Crippen molar-refractivity contribution in [1.29, 1.82) is 0 Å². The summed E-state index contributed by atoms with van der Waals surface area (Å²) in [5.41, 5.74) is 57.8. The van der Waals surface area contributed by atoms with Crippen molar-refractivity contribution in [1.82, 2.24) is 9.97 Å². The van der Waals surface area contributed by atoms with Crippen molar-refractivity contribution < 1.29 is 22.7 Å². The van der Waals surface area contributed by atoms with Crippen molar-refractivity contribution in [3.63, 3.8) is 0 Å². The van der Waals surface area contributed by atoms with Crippen LogP contribution in [0.3, 0.4) is 0 Å². The summed E-state index contributed by atoms with van der Waals surface area (Å²) in [6, 6.07) is 102. The molecule has 7 heteroatoms. The van der Waals surface area contributed by atoms with Gasteiger partial charge in [-0.2, -0.15) is 4.57 Å². The highest BCUT2D eigenvalue weighted by Gasteiger charge is 2.51. The van der Waals surface area contributed by atoms with Crippen LogP contribution in [0.4, 0.5) is 0 Å². The zero-order chi connectivity index (χ0) is 97.6. The predicted octanol–water partition coefficient (Wildman–Crippen LogP) is 25.3. The van der Waals surface area contributed by atoms with Gasteiger partial charge in [-0.25, -0.2) is 23.7 Å². The van der Waals surface area contributed by atoms with Crippen LogP contribution in [-0.4, -0.2) is 9.97 Å². The molecule has 8 bridgehead atoms. The second-order valence-corrected chi connectivity index (χ2v) is 44.7. The minimum atomic E-state index is 0.117. The van der Waals surface area contributed by atoms with Gasteiger partial charge in [0.2, 0.25) is 34.2 Å². The van der Waals surface area contributed by atoms with E-state index in [0.717, 1.165) is 69.7 Å². The third kappa shape index (κ3) is 13.4. The molecule has 36 rings (SSSR count). The second kappa shape index (κ2) is 33.7. The number of fused-ring (bicyclic) bond motifs is 7. The van der Waals surface area contributed by atoms with Crippen LogP contribution >= 0.6 is 0 Å². The molecule has 6 aromatic heterocycles. The van der Waals surface area contributed by atoms with Gasteiger partial charge < -0.3 is 4.42 Å². The van der Waals surface area contributed by atoms with E-state index < -0.39 is 0 Å². The molecule has 0 N–H and O–H groups in total. The molecule has 0 spiro atoms. The Morgan fingerprint density at radius 1 is 0.281 bits per heavy atom. The van der Waals surface area contributed by atoms with Crippen LogP contribution in [0.1, 0.15) is 321 Å². The van der Waals surface area contributed by atoms with Crippen LogP contribution in [0.15, 0.2) is 296 Å². The molecule has 146 heavy (non-hydrogen) atoms. The van der Waals surface area contributed by atoms with Gasteiger partial charge in [-0.3, -0.25) is 0 Å². The van der Waals surface area contributed by atoms with E-state index in [-0.39, 0.29) is 11.8 Å². The van der Waals surface area contributed by atoms with Gasteiger partial charge in [-0.05, 0) is 345 Å². The normalized spacial score (nSPS) is 19.4. The van der Waals surface area contributed by atoms with E-state index in [9.17, 15) is 0 Å². The van der Waals surface area contributed by atoms with Crippen molar-refractivity contribution in [2.24, 2.45) is 28.2 Å². The summed E-state index contributed by atoms with van der Waals surface area (Å²) in [7, 11) is 8.79. The highest BCUT2D eigenvalue weighted by molar-refractivity contribution is 6.09. The van der Waals surface area contributed by atoms with Crippen LogP contribution in [0.5, 0.6) is 0 Å². The zero-order valence-corrected chi connectivity index (χ0v) is 85.2. The van der Waals surface area contributed by atoms with E-state index in [4.69, 9.17) is 9.40 Å². The maximum Gasteiger partial charge on any atom is 0.235 e. The molecule has 0 aliphatic heterocycles. The maximum absolute atomic E-state index is 6.47. The first-order valence-corrected chi connectivity index (χ1v) is 54.0. The van der Waals surface area contributed by atoms with E-state index in [1.807, 2.05) is 13.0 Å². The SMILES string of the molecule is Cc1cc2c(cc1-c1cc(C3CCCCC3)c(C)c[n+]1C)C1c3ccccc3C2c2cc3c(cc21)=CCC=3.Cc1cc2c(cc1-c1cc(C3CCCCC3)cc[n+]1C)C1c3ccccc3C2c2cc3c(cc21)=CCC=3.Cc1cc2c(cc1-c1cccc[n+]1C)C1c3ccccc3C2c2cc3c(cc21)=CCC=3.Cc1ccc2c(n1)oc1c(-c3cnc4c([n+]3C)C3c5ccccc5C4c4cc5ccccc5cc43)c(C)ccc12. The Hall–Kier alpha value is -15.2. The quantitative estimate of drug-likeness (QED) is 0.156. The molecular formula is C139H120N6O+4. The molecule has 17 aliphatic carbocycles. The fourth-order valence-electron chi connectivity index (χ4n) is 29.8. The van der Waals surface area contributed by atoms with E-state index in [0.29, 0.717) is 47.1 Å². The van der Waals surface area contributed by atoms with Gasteiger partial charge >= 0.3 is 0 Å². The average Bonchev–Trinajstić information content (AvgIpc) is 0.910. The lowest BCUT2D eigenvalue weighted by Gasteiger charge is -2.42. The summed E-state index contributed by atoms with van der Waals surface area (Å²) < 4.78 is 15.8. The monoisotopic (exact) mass is 1890 g/mol. The molecule has 0 amide bonds. The number of benzene rings is 13. The molecule has 8 atom stereocenters. The number of furan rings is 1. The fraction of sp³-hybridized carbons (Fsp3) is 0.237. The van der Waals surface area contributed by atoms with Gasteiger partial charge in [0.05, 0.1) is 23.6 Å². The van der Waals surface area contributed by atoms with Gasteiger partial charge in [-0.1, -0.05) is 263 Å². The van der Waals surface area contributed by atoms with Crippen molar-refractivity contribution in [3.8, 4) is 45.0 Å². The summed E-state index contributed by atoms with van der Waals surface area (Å²) in [6.45, 7) is 13.4. The van der Waals surface area contributed by atoms with Crippen molar-refractivity contribution in [2.75, 3.05) is 0 Å². The van der Waals surface area contributed by atoms with Crippen molar-refractivity contribution >= 4 is 69.3 Å². The molecular weight excluding hydrogens is 1770 g/mol. The molecule has 0 saturated heterocycles. The first-order valence-electron chi connectivity index (χ1n) is 54.0. The maximum atomic E-state index is 6.47. The van der Waals surface area contributed by atoms with Crippen LogP contribution in [-0.2, 0) is 28.2 Å². The summed E-state index contributed by atoms with van der Waals surface area (Å²) >= 11 is 0. The third-order valence-electron chi connectivity index (χ3n) is 36.6. The first kappa shape index (κ1) is 87.4. The van der Waals surface area contributed by atoms with E-state index >= 15 is 0 Å². The van der Waals surface area contributed by atoms with E-state index in [1.54, 1.807) is 5.56 Å². The van der Waals surface area contributed by atoms with E-state index in [2.05, 4.69) is 408 Å². The smallest absolute Gasteiger partial charge is 0.235 e. The Balaban J connectivity index is 0.0000000925.